The topological polar surface area (TPSA) is 29.5 Å². The SMILES string of the molecule is CC(C)CCC[C@@H](C)[C@H]1CCC2C3CC=C4C[C@@H](OC(=O)CCN5CCCCC5)CC[C@]4(C)C3CC[C@@]21C.Cl. The molecule has 8 atom stereocenters. The molecule has 4 heteroatoms. The van der Waals surface area contributed by atoms with Gasteiger partial charge in [0.2, 0.25) is 0 Å². The first kappa shape index (κ1) is 31.4. The molecule has 3 nitrogen and oxygen atoms in total. The fourth-order valence-electron chi connectivity index (χ4n) is 10.4. The Kier molecular flexibility index (Phi) is 10.6. The molecule has 4 aliphatic carbocycles. The Bertz CT molecular complexity index is 850. The van der Waals surface area contributed by atoms with E-state index in [9.17, 15) is 4.79 Å². The first-order valence-electron chi connectivity index (χ1n) is 16.8. The standard InChI is InChI=1S/C35H59NO2.ClH/c1-25(2)10-9-11-26(3)30-14-15-31-29-13-12-27-24-28(38-33(37)18-23-36-21-7-6-8-22-36)16-19-34(27,4)32(29)17-20-35(30,31)5;/h12,25-26,28-32H,6-11,13-24H2,1-5H3;1H/t26-,28+,29?,30-,31?,32?,34+,35-;/m1./s1. The molecule has 4 fully saturated rings. The Labute approximate surface area is 247 Å². The van der Waals surface area contributed by atoms with E-state index in [0.717, 1.165) is 68.0 Å². The lowest BCUT2D eigenvalue weighted by atomic mass is 9.47. The van der Waals surface area contributed by atoms with E-state index in [1.807, 2.05) is 0 Å². The Morgan fingerprint density at radius 2 is 1.77 bits per heavy atom. The molecule has 0 amide bonds. The summed E-state index contributed by atoms with van der Waals surface area (Å²) in [6.07, 6.45) is 21.8. The Morgan fingerprint density at radius 1 is 1.00 bits per heavy atom. The predicted octanol–water partition coefficient (Wildman–Crippen LogP) is 9.24. The second-order valence-electron chi connectivity index (χ2n) is 15.3. The number of esters is 1. The van der Waals surface area contributed by atoms with Gasteiger partial charge in [-0.05, 0) is 117 Å². The van der Waals surface area contributed by atoms with Crippen LogP contribution in [-0.2, 0) is 9.53 Å². The third-order valence-corrected chi connectivity index (χ3v) is 12.6. The molecule has 0 spiro atoms. The van der Waals surface area contributed by atoms with Crippen molar-refractivity contribution in [3.8, 4) is 0 Å². The van der Waals surface area contributed by atoms with E-state index in [4.69, 9.17) is 4.74 Å². The fourth-order valence-corrected chi connectivity index (χ4v) is 10.4. The van der Waals surface area contributed by atoms with Gasteiger partial charge < -0.3 is 9.64 Å². The summed E-state index contributed by atoms with van der Waals surface area (Å²) >= 11 is 0. The van der Waals surface area contributed by atoms with Crippen molar-refractivity contribution >= 4 is 18.4 Å². The van der Waals surface area contributed by atoms with E-state index in [-0.39, 0.29) is 24.5 Å². The summed E-state index contributed by atoms with van der Waals surface area (Å²) in [6, 6.07) is 0. The smallest absolute Gasteiger partial charge is 0.307 e. The lowest BCUT2D eigenvalue weighted by Gasteiger charge is -2.58. The minimum atomic E-state index is 0. The molecular formula is C35H60ClNO2. The van der Waals surface area contributed by atoms with Crippen LogP contribution in [0.1, 0.15) is 131 Å². The molecule has 1 saturated heterocycles. The monoisotopic (exact) mass is 561 g/mol. The van der Waals surface area contributed by atoms with Crippen LogP contribution in [0.3, 0.4) is 0 Å². The largest absolute Gasteiger partial charge is 0.462 e. The van der Waals surface area contributed by atoms with Gasteiger partial charge in [-0.25, -0.2) is 0 Å². The van der Waals surface area contributed by atoms with Gasteiger partial charge in [0.1, 0.15) is 6.10 Å². The number of carbonyl (C=O) groups is 1. The number of piperidine rings is 1. The van der Waals surface area contributed by atoms with Gasteiger partial charge >= 0.3 is 5.97 Å². The molecule has 1 aliphatic heterocycles. The number of allylic oxidation sites excluding steroid dienone is 1. The van der Waals surface area contributed by atoms with E-state index in [0.29, 0.717) is 17.3 Å². The molecule has 39 heavy (non-hydrogen) atoms. The van der Waals surface area contributed by atoms with Gasteiger partial charge in [-0.2, -0.15) is 0 Å². The highest BCUT2D eigenvalue weighted by molar-refractivity contribution is 5.85. The van der Waals surface area contributed by atoms with Gasteiger partial charge in [0.05, 0.1) is 6.42 Å². The normalized spacial score (nSPS) is 39.1. The van der Waals surface area contributed by atoms with E-state index in [1.54, 1.807) is 5.57 Å². The van der Waals surface area contributed by atoms with Crippen molar-refractivity contribution in [1.82, 2.24) is 4.90 Å². The Hall–Kier alpha value is -0.540. The summed E-state index contributed by atoms with van der Waals surface area (Å²) in [7, 11) is 0. The van der Waals surface area contributed by atoms with Crippen LogP contribution in [0.15, 0.2) is 11.6 Å². The first-order chi connectivity index (χ1) is 18.2. The van der Waals surface area contributed by atoms with E-state index < -0.39 is 0 Å². The zero-order valence-electron chi connectivity index (χ0n) is 26.0. The molecule has 5 aliphatic rings. The van der Waals surface area contributed by atoms with Crippen LogP contribution in [0.2, 0.25) is 0 Å². The van der Waals surface area contributed by atoms with Crippen molar-refractivity contribution in [2.24, 2.45) is 46.3 Å². The number of nitrogens with zero attached hydrogens (tertiary/aromatic N) is 1. The summed E-state index contributed by atoms with van der Waals surface area (Å²) in [4.78, 5) is 15.1. The molecule has 0 N–H and O–H groups in total. The number of likely N-dealkylation sites (tertiary alicyclic amines) is 1. The quantitative estimate of drug-likeness (QED) is 0.207. The third-order valence-electron chi connectivity index (χ3n) is 12.6. The summed E-state index contributed by atoms with van der Waals surface area (Å²) in [5, 5.41) is 0. The van der Waals surface area contributed by atoms with Crippen molar-refractivity contribution in [3.05, 3.63) is 11.6 Å². The van der Waals surface area contributed by atoms with Gasteiger partial charge in [0.15, 0.2) is 0 Å². The van der Waals surface area contributed by atoms with Gasteiger partial charge in [0.25, 0.3) is 0 Å². The predicted molar refractivity (Wildman–Crippen MR) is 165 cm³/mol. The van der Waals surface area contributed by atoms with Crippen LogP contribution in [0, 0.1) is 46.3 Å². The third kappa shape index (κ3) is 6.60. The van der Waals surface area contributed by atoms with Crippen LogP contribution in [0.4, 0.5) is 0 Å². The maximum absolute atomic E-state index is 12.7. The summed E-state index contributed by atoms with van der Waals surface area (Å²) in [6.45, 7) is 15.8. The maximum Gasteiger partial charge on any atom is 0.307 e. The summed E-state index contributed by atoms with van der Waals surface area (Å²) < 4.78 is 6.08. The number of hydrogen-bond donors (Lipinski definition) is 0. The van der Waals surface area contributed by atoms with Gasteiger partial charge in [-0.3, -0.25) is 4.79 Å². The van der Waals surface area contributed by atoms with Crippen molar-refractivity contribution in [2.45, 2.75) is 137 Å². The second-order valence-corrected chi connectivity index (χ2v) is 15.3. The number of fused-ring (bicyclic) bond motifs is 5. The highest BCUT2D eigenvalue weighted by Crippen LogP contribution is 2.67. The Balaban J connectivity index is 0.00000353. The molecule has 0 aromatic heterocycles. The summed E-state index contributed by atoms with van der Waals surface area (Å²) in [5.41, 5.74) is 2.53. The van der Waals surface area contributed by atoms with Crippen molar-refractivity contribution in [2.75, 3.05) is 19.6 Å². The number of rotatable bonds is 9. The van der Waals surface area contributed by atoms with Crippen LogP contribution < -0.4 is 0 Å². The average molecular weight is 562 g/mol. The van der Waals surface area contributed by atoms with E-state index in [1.165, 1.54) is 77.0 Å². The molecule has 0 aromatic carbocycles. The number of halogens is 1. The maximum atomic E-state index is 12.7. The lowest BCUT2D eigenvalue weighted by Crippen LogP contribution is -2.51. The molecule has 3 unspecified atom stereocenters. The molecule has 0 aromatic rings. The van der Waals surface area contributed by atoms with E-state index in [2.05, 4.69) is 45.6 Å². The lowest BCUT2D eigenvalue weighted by molar-refractivity contribution is -0.152. The highest BCUT2D eigenvalue weighted by atomic mass is 35.5. The molecule has 3 saturated carbocycles. The zero-order chi connectivity index (χ0) is 26.9. The molecule has 224 valence electrons. The fraction of sp³-hybridized carbons (Fsp3) is 0.914. The van der Waals surface area contributed by atoms with Gasteiger partial charge in [-0.15, -0.1) is 12.4 Å². The van der Waals surface area contributed by atoms with E-state index >= 15 is 0 Å². The Morgan fingerprint density at radius 3 is 2.51 bits per heavy atom. The van der Waals surface area contributed by atoms with Crippen LogP contribution in [0.25, 0.3) is 0 Å². The van der Waals surface area contributed by atoms with Crippen molar-refractivity contribution < 1.29 is 9.53 Å². The highest BCUT2D eigenvalue weighted by Gasteiger charge is 2.59. The number of carbonyl (C=O) groups excluding carboxylic acids is 1. The van der Waals surface area contributed by atoms with Crippen LogP contribution >= 0.6 is 12.4 Å². The van der Waals surface area contributed by atoms with Crippen molar-refractivity contribution in [1.29, 1.82) is 0 Å². The molecule has 0 bridgehead atoms. The minimum absolute atomic E-state index is 0. The number of ether oxygens (including phenoxy) is 1. The molecule has 0 radical (unpaired) electrons. The van der Waals surface area contributed by atoms with Crippen molar-refractivity contribution in [3.63, 3.8) is 0 Å². The zero-order valence-corrected chi connectivity index (χ0v) is 26.8. The minimum Gasteiger partial charge on any atom is -0.462 e. The van der Waals surface area contributed by atoms with Crippen LogP contribution in [0.5, 0.6) is 0 Å². The second kappa shape index (κ2) is 13.2. The van der Waals surface area contributed by atoms with Gasteiger partial charge in [-0.1, -0.05) is 72.0 Å². The van der Waals surface area contributed by atoms with Gasteiger partial charge in [0, 0.05) is 13.0 Å². The number of hydrogen-bond acceptors (Lipinski definition) is 3. The molecule has 1 heterocycles. The molecular weight excluding hydrogens is 502 g/mol. The summed E-state index contributed by atoms with van der Waals surface area (Å²) in [5.74, 6) is 5.31. The average Bonchev–Trinajstić information content (AvgIpc) is 3.25. The first-order valence-corrected chi connectivity index (χ1v) is 16.8. The molecule has 5 rings (SSSR count). The van der Waals surface area contributed by atoms with Crippen LogP contribution in [-0.4, -0.2) is 36.6 Å².